The van der Waals surface area contributed by atoms with E-state index in [0.29, 0.717) is 0 Å². The van der Waals surface area contributed by atoms with E-state index >= 15 is 0 Å². The van der Waals surface area contributed by atoms with Gasteiger partial charge in [-0.2, -0.15) is 0 Å². The lowest BCUT2D eigenvalue weighted by molar-refractivity contribution is -0.858. The van der Waals surface area contributed by atoms with Crippen LogP contribution in [0, 0.1) is 0 Å². The minimum absolute atomic E-state index is 1.35. The highest BCUT2D eigenvalue weighted by Crippen LogP contribution is 2.13. The summed E-state index contributed by atoms with van der Waals surface area (Å²) in [6.07, 6.45) is 23.4. The summed E-state index contributed by atoms with van der Waals surface area (Å²) in [5, 5.41) is 0. The molecular weight excluding hydrogens is 254 g/mol. The van der Waals surface area contributed by atoms with Gasteiger partial charge in [-0.05, 0) is 12.8 Å². The molecule has 0 fully saturated rings. The van der Waals surface area contributed by atoms with Crippen molar-refractivity contribution in [1.29, 1.82) is 0 Å². The van der Waals surface area contributed by atoms with Crippen molar-refractivity contribution in [3.63, 3.8) is 0 Å². The minimum Gasteiger partial charge on any atom is -0.340 e. The summed E-state index contributed by atoms with van der Waals surface area (Å²) in [6.45, 7) is 3.64. The molecule has 0 aromatic carbocycles. The summed E-state index contributed by atoms with van der Waals surface area (Å²) < 4.78 is 0. The van der Waals surface area contributed by atoms with Crippen molar-refractivity contribution in [3.8, 4) is 0 Å². The molecule has 1 heteroatoms. The molecule has 0 aromatic heterocycles. The quantitative estimate of drug-likeness (QED) is 0.343. The Hall–Kier alpha value is -0.0400. The molecule has 0 spiro atoms. The summed E-state index contributed by atoms with van der Waals surface area (Å²) in [4.78, 5) is 1.60. The molecule has 0 aromatic rings. The van der Waals surface area contributed by atoms with Crippen LogP contribution in [0.3, 0.4) is 0 Å². The van der Waals surface area contributed by atoms with Gasteiger partial charge in [0.15, 0.2) is 0 Å². The van der Waals surface area contributed by atoms with E-state index in [4.69, 9.17) is 0 Å². The average molecular weight is 299 g/mol. The van der Waals surface area contributed by atoms with Gasteiger partial charge in [0.2, 0.25) is 0 Å². The van der Waals surface area contributed by atoms with E-state index in [9.17, 15) is 0 Å². The van der Waals surface area contributed by atoms with Crippen LogP contribution in [0.25, 0.3) is 0 Å². The Morgan fingerprint density at radius 2 is 0.714 bits per heavy atom. The molecule has 1 nitrogen and oxygen atoms in total. The van der Waals surface area contributed by atoms with Crippen LogP contribution in [0.1, 0.15) is 110 Å². The van der Waals surface area contributed by atoms with Gasteiger partial charge in [-0.3, -0.25) is 0 Å². The van der Waals surface area contributed by atoms with Crippen LogP contribution in [-0.2, 0) is 0 Å². The largest absolute Gasteiger partial charge is 0.340 e. The maximum Gasteiger partial charge on any atom is 0.0766 e. The molecule has 0 saturated carbocycles. The molecule has 0 saturated heterocycles. The predicted molar refractivity (Wildman–Crippen MR) is 97.2 cm³/mol. The molecule has 0 amide bonds. The molecule has 0 atom stereocenters. The first kappa shape index (κ1) is 21.0. The number of rotatable bonds is 17. The molecule has 0 radical (unpaired) electrons. The van der Waals surface area contributed by atoms with Crippen molar-refractivity contribution in [3.05, 3.63) is 0 Å². The number of quaternary nitrogens is 1. The fraction of sp³-hybridized carbons (Fsp3) is 1.00. The number of hydrogen-bond donors (Lipinski definition) is 1. The van der Waals surface area contributed by atoms with Gasteiger partial charge >= 0.3 is 0 Å². The zero-order valence-corrected chi connectivity index (χ0v) is 15.5. The van der Waals surface area contributed by atoms with Crippen LogP contribution in [0.15, 0.2) is 0 Å². The Balaban J connectivity index is 2.93. The SMILES string of the molecule is CCCCCCCCCCCCCCCCCC[NH+](C)C. The van der Waals surface area contributed by atoms with Crippen LogP contribution in [0.4, 0.5) is 0 Å². The third-order valence-electron chi connectivity index (χ3n) is 4.53. The molecule has 128 valence electrons. The smallest absolute Gasteiger partial charge is 0.0766 e. The normalized spacial score (nSPS) is 11.4. The Labute approximate surface area is 135 Å². The molecule has 0 unspecified atom stereocenters. The van der Waals surface area contributed by atoms with Gasteiger partial charge in [0, 0.05) is 0 Å². The van der Waals surface area contributed by atoms with Gasteiger partial charge < -0.3 is 4.90 Å². The second-order valence-corrected chi connectivity index (χ2v) is 7.26. The van der Waals surface area contributed by atoms with E-state index < -0.39 is 0 Å². The van der Waals surface area contributed by atoms with Gasteiger partial charge in [-0.1, -0.05) is 96.8 Å². The Kier molecular flexibility index (Phi) is 18.0. The van der Waals surface area contributed by atoms with E-state index in [1.165, 1.54) is 109 Å². The highest BCUT2D eigenvalue weighted by molar-refractivity contribution is 4.49. The summed E-state index contributed by atoms with van der Waals surface area (Å²) >= 11 is 0. The predicted octanol–water partition coefficient (Wildman–Crippen LogP) is 5.39. The highest BCUT2D eigenvalue weighted by atomic mass is 15.0. The molecule has 21 heavy (non-hydrogen) atoms. The van der Waals surface area contributed by atoms with Crippen LogP contribution in [0.2, 0.25) is 0 Å². The van der Waals surface area contributed by atoms with Crippen molar-refractivity contribution in [2.24, 2.45) is 0 Å². The van der Waals surface area contributed by atoms with Gasteiger partial charge in [0.25, 0.3) is 0 Å². The Morgan fingerprint density at radius 3 is 1.00 bits per heavy atom. The first-order valence-electron chi connectivity index (χ1n) is 10.1. The standard InChI is InChI=1S/C20H43N/c1-4-5-6-7-8-9-10-11-12-13-14-15-16-17-18-19-20-21(2)3/h4-20H2,1-3H3/p+1. The maximum atomic E-state index is 2.30. The van der Waals surface area contributed by atoms with Crippen molar-refractivity contribution in [1.82, 2.24) is 0 Å². The van der Waals surface area contributed by atoms with Crippen LogP contribution < -0.4 is 4.90 Å². The van der Waals surface area contributed by atoms with Crippen molar-refractivity contribution >= 4 is 0 Å². The lowest BCUT2D eigenvalue weighted by Gasteiger charge is -2.06. The monoisotopic (exact) mass is 298 g/mol. The second-order valence-electron chi connectivity index (χ2n) is 7.26. The highest BCUT2D eigenvalue weighted by Gasteiger charge is 1.96. The topological polar surface area (TPSA) is 4.44 Å². The average Bonchev–Trinajstić information content (AvgIpc) is 2.46. The number of unbranched alkanes of at least 4 members (excludes halogenated alkanes) is 15. The van der Waals surface area contributed by atoms with Gasteiger partial charge in [0.05, 0.1) is 20.6 Å². The van der Waals surface area contributed by atoms with Crippen molar-refractivity contribution in [2.45, 2.75) is 110 Å². The third kappa shape index (κ3) is 20.0. The maximum absolute atomic E-state index is 2.30. The van der Waals surface area contributed by atoms with E-state index in [-0.39, 0.29) is 0 Å². The molecule has 0 aliphatic heterocycles. The lowest BCUT2D eigenvalue weighted by Crippen LogP contribution is -3.05. The molecule has 0 bridgehead atoms. The number of nitrogens with one attached hydrogen (secondary N) is 1. The number of hydrogen-bond acceptors (Lipinski definition) is 0. The fourth-order valence-electron chi connectivity index (χ4n) is 3.03. The molecule has 0 heterocycles. The zero-order chi connectivity index (χ0) is 15.6. The molecule has 1 N–H and O–H groups in total. The summed E-state index contributed by atoms with van der Waals surface area (Å²) in [7, 11) is 4.51. The third-order valence-corrected chi connectivity index (χ3v) is 4.53. The van der Waals surface area contributed by atoms with Crippen LogP contribution >= 0.6 is 0 Å². The van der Waals surface area contributed by atoms with Crippen LogP contribution in [-0.4, -0.2) is 20.6 Å². The Morgan fingerprint density at radius 1 is 0.429 bits per heavy atom. The van der Waals surface area contributed by atoms with Gasteiger partial charge in [0.1, 0.15) is 0 Å². The summed E-state index contributed by atoms with van der Waals surface area (Å²) in [5.74, 6) is 0. The summed E-state index contributed by atoms with van der Waals surface area (Å²) in [5.41, 5.74) is 0. The molecular formula is C20H44N+. The molecule has 0 aliphatic rings. The van der Waals surface area contributed by atoms with Gasteiger partial charge in [-0.15, -0.1) is 0 Å². The molecule has 0 aliphatic carbocycles. The van der Waals surface area contributed by atoms with E-state index in [1.807, 2.05) is 0 Å². The lowest BCUT2D eigenvalue weighted by atomic mass is 10.0. The van der Waals surface area contributed by atoms with E-state index in [1.54, 1.807) is 4.90 Å². The first-order valence-corrected chi connectivity index (χ1v) is 10.1. The van der Waals surface area contributed by atoms with E-state index in [0.717, 1.165) is 0 Å². The van der Waals surface area contributed by atoms with Crippen molar-refractivity contribution in [2.75, 3.05) is 20.6 Å². The first-order chi connectivity index (χ1) is 10.3. The summed E-state index contributed by atoms with van der Waals surface area (Å²) in [6, 6.07) is 0. The zero-order valence-electron chi connectivity index (χ0n) is 15.5. The van der Waals surface area contributed by atoms with Crippen LogP contribution in [0.5, 0.6) is 0 Å². The second kappa shape index (κ2) is 18.0. The fourth-order valence-corrected chi connectivity index (χ4v) is 3.03. The Bertz CT molecular complexity index is 177. The minimum atomic E-state index is 1.35. The molecule has 0 rings (SSSR count). The van der Waals surface area contributed by atoms with Crippen molar-refractivity contribution < 1.29 is 4.90 Å². The van der Waals surface area contributed by atoms with E-state index in [2.05, 4.69) is 21.0 Å². The van der Waals surface area contributed by atoms with Gasteiger partial charge in [-0.25, -0.2) is 0 Å².